The van der Waals surface area contributed by atoms with Crippen molar-refractivity contribution in [2.24, 2.45) is 15.0 Å². The minimum Gasteiger partial charge on any atom is -0.444 e. The van der Waals surface area contributed by atoms with E-state index < -0.39 is 23.8 Å². The molecule has 51 heavy (non-hydrogen) atoms. The zero-order valence-electron chi connectivity index (χ0n) is 30.1. The van der Waals surface area contributed by atoms with Gasteiger partial charge in [-0.25, -0.2) is 33.5 Å². The first-order valence-electron chi connectivity index (χ1n) is 17.0. The first kappa shape index (κ1) is 41.1. The van der Waals surface area contributed by atoms with Crippen molar-refractivity contribution in [1.29, 1.82) is 0 Å². The van der Waals surface area contributed by atoms with Crippen LogP contribution in [-0.4, -0.2) is 170 Å². The van der Waals surface area contributed by atoms with Crippen molar-refractivity contribution in [3.63, 3.8) is 0 Å². The molecule has 2 aliphatic heterocycles. The maximum atomic E-state index is 13.8. The normalized spacial score (nSPS) is 16.4. The van der Waals surface area contributed by atoms with Gasteiger partial charge in [-0.15, -0.1) is 0 Å². The second-order valence-electron chi connectivity index (χ2n) is 12.8. The number of carbonyl (C=O) groups excluding carboxylic acids is 3. The van der Waals surface area contributed by atoms with Gasteiger partial charge in [-0.05, 0) is 34.5 Å². The number of aromatic nitrogens is 2. The maximum Gasteiger partial charge on any atom is 0.407 e. The van der Waals surface area contributed by atoms with Crippen LogP contribution in [0.15, 0.2) is 21.2 Å². The van der Waals surface area contributed by atoms with Crippen LogP contribution in [0.25, 0.3) is 0 Å². The Balaban J connectivity index is 1.52. The Morgan fingerprint density at radius 1 is 0.980 bits per heavy atom. The molecule has 1 aromatic heterocycles. The van der Waals surface area contributed by atoms with Gasteiger partial charge < -0.3 is 40.5 Å². The Kier molecular flexibility index (Phi) is 16.5. The Bertz CT molecular complexity index is 1370. The summed E-state index contributed by atoms with van der Waals surface area (Å²) in [6, 6.07) is 0. The molecule has 0 atom stereocenters. The molecule has 3 heterocycles. The highest BCUT2D eigenvalue weighted by molar-refractivity contribution is 6.08. The molecule has 2 aliphatic rings. The molecule has 0 unspecified atom stereocenters. The number of halogens is 2. The van der Waals surface area contributed by atoms with E-state index in [2.05, 4.69) is 47.2 Å². The third kappa shape index (κ3) is 14.1. The molecule has 1 aromatic rings. The van der Waals surface area contributed by atoms with Crippen LogP contribution in [0.1, 0.15) is 51.3 Å². The molecule has 0 bridgehead atoms. The highest BCUT2D eigenvalue weighted by Crippen LogP contribution is 2.22. The van der Waals surface area contributed by atoms with Crippen molar-refractivity contribution in [2.45, 2.75) is 45.6 Å². The number of nitrogens with zero attached hydrogens (tertiary/aromatic N) is 9. The SMILES string of the molecule is C=N/C(=N\C(=NCCOCCNC)N1CCN(C(=O)CCC(=O)N2CCN(CCNC(=O)OC(C)(C)C)CC2)CC1)c1cnc(N)nc1C(F)F. The number of hydrogen-bond donors (Lipinski definition) is 3. The first-order chi connectivity index (χ1) is 24.3. The highest BCUT2D eigenvalue weighted by Gasteiger charge is 2.27. The van der Waals surface area contributed by atoms with Gasteiger partial charge >= 0.3 is 6.09 Å². The average molecular weight is 723 g/mol. The Labute approximate surface area is 297 Å². The Hall–Kier alpha value is -4.36. The molecular formula is C32H52F2N12O5. The number of nitrogen functional groups attached to an aromatic ring is 1. The minimum absolute atomic E-state index is 0.0755. The molecule has 0 aliphatic carbocycles. The number of amides is 3. The van der Waals surface area contributed by atoms with Crippen molar-refractivity contribution >= 4 is 42.4 Å². The molecule has 0 aromatic carbocycles. The third-order valence-electron chi connectivity index (χ3n) is 7.91. The fraction of sp³-hybridized carbons (Fsp3) is 0.688. The van der Waals surface area contributed by atoms with Gasteiger partial charge in [0.15, 0.2) is 5.84 Å². The van der Waals surface area contributed by atoms with Gasteiger partial charge in [-0.2, -0.15) is 4.99 Å². The first-order valence-corrected chi connectivity index (χ1v) is 17.0. The second kappa shape index (κ2) is 20.5. The summed E-state index contributed by atoms with van der Waals surface area (Å²) >= 11 is 0. The van der Waals surface area contributed by atoms with E-state index >= 15 is 0 Å². The Morgan fingerprint density at radius 3 is 2.16 bits per heavy atom. The standard InChI is InChI=1S/C32H52F2N12O5/c1-32(2,3)51-31(49)39-8-11-43-12-14-44(15-13-43)24(47)6-7-25(48)45-16-18-46(19-17-45)30(38-10-21-50-20-9-36-4)42-28(37-5)23-22-40-29(35)41-26(23)27(33)34/h22,27,36H,5-21H2,1-4H3,(H,39,49)(H2,35,40,41)/b38-30?,42-28-. The van der Waals surface area contributed by atoms with E-state index in [1.54, 1.807) is 9.80 Å². The summed E-state index contributed by atoms with van der Waals surface area (Å²) in [5.74, 6) is -0.446. The molecular weight excluding hydrogens is 670 g/mol. The molecule has 2 fully saturated rings. The predicted octanol–water partition coefficient (Wildman–Crippen LogP) is 0.629. The molecule has 0 saturated carbocycles. The van der Waals surface area contributed by atoms with Crippen molar-refractivity contribution in [3.8, 4) is 0 Å². The number of aliphatic imine (C=N–C) groups is 3. The van der Waals surface area contributed by atoms with Gasteiger partial charge in [0.25, 0.3) is 6.43 Å². The summed E-state index contributed by atoms with van der Waals surface area (Å²) in [6.07, 6.45) is -2.10. The third-order valence-corrected chi connectivity index (χ3v) is 7.91. The molecule has 0 spiro atoms. The number of ether oxygens (including phenoxy) is 2. The number of alkyl halides is 2. The average Bonchev–Trinajstić information content (AvgIpc) is 3.09. The number of guanidine groups is 1. The molecule has 284 valence electrons. The van der Waals surface area contributed by atoms with Crippen LogP contribution >= 0.6 is 0 Å². The molecule has 19 heteroatoms. The van der Waals surface area contributed by atoms with Crippen LogP contribution in [-0.2, 0) is 19.1 Å². The van der Waals surface area contributed by atoms with Crippen molar-refractivity contribution in [3.05, 3.63) is 17.5 Å². The summed E-state index contributed by atoms with van der Waals surface area (Å²) in [6.45, 7) is 15.6. The van der Waals surface area contributed by atoms with Gasteiger partial charge in [0.1, 0.15) is 11.3 Å². The largest absolute Gasteiger partial charge is 0.444 e. The summed E-state index contributed by atoms with van der Waals surface area (Å²) < 4.78 is 38.4. The van der Waals surface area contributed by atoms with Gasteiger partial charge in [0.05, 0.1) is 25.3 Å². The summed E-state index contributed by atoms with van der Waals surface area (Å²) in [5, 5.41) is 5.74. The molecule has 3 amide bonds. The van der Waals surface area contributed by atoms with Crippen LogP contribution in [0, 0.1) is 0 Å². The van der Waals surface area contributed by atoms with E-state index in [0.29, 0.717) is 85.2 Å². The van der Waals surface area contributed by atoms with Crippen LogP contribution in [0.3, 0.4) is 0 Å². The van der Waals surface area contributed by atoms with E-state index in [4.69, 9.17) is 15.2 Å². The van der Waals surface area contributed by atoms with Gasteiger partial charge in [0, 0.05) is 91.0 Å². The lowest BCUT2D eigenvalue weighted by Crippen LogP contribution is -2.51. The minimum atomic E-state index is -2.95. The number of likely N-dealkylation sites (N-methyl/N-ethyl adjacent to an activating group) is 1. The lowest BCUT2D eigenvalue weighted by atomic mass is 10.2. The maximum absolute atomic E-state index is 13.8. The topological polar surface area (TPSA) is 196 Å². The number of piperazine rings is 2. The fourth-order valence-corrected chi connectivity index (χ4v) is 5.25. The van der Waals surface area contributed by atoms with E-state index in [9.17, 15) is 23.2 Å². The smallest absolute Gasteiger partial charge is 0.407 e. The lowest BCUT2D eigenvalue weighted by molar-refractivity contribution is -0.138. The number of carbonyl (C=O) groups is 3. The van der Waals surface area contributed by atoms with Crippen LogP contribution in [0.2, 0.25) is 0 Å². The number of alkyl carbamates (subject to hydrolysis) is 1. The van der Waals surface area contributed by atoms with E-state index in [-0.39, 0.29) is 54.5 Å². The molecule has 3 rings (SSSR count). The van der Waals surface area contributed by atoms with Crippen molar-refractivity contribution in [1.82, 2.24) is 40.2 Å². The quantitative estimate of drug-likeness (QED) is 0.138. The number of amidine groups is 1. The second-order valence-corrected chi connectivity index (χ2v) is 12.8. The number of anilines is 1. The van der Waals surface area contributed by atoms with Gasteiger partial charge in [-0.1, -0.05) is 0 Å². The number of nitrogens with one attached hydrogen (secondary N) is 2. The fourth-order valence-electron chi connectivity index (χ4n) is 5.25. The van der Waals surface area contributed by atoms with Crippen LogP contribution < -0.4 is 16.4 Å². The van der Waals surface area contributed by atoms with E-state index in [1.165, 1.54) is 0 Å². The van der Waals surface area contributed by atoms with Crippen LogP contribution in [0.5, 0.6) is 0 Å². The zero-order chi connectivity index (χ0) is 37.4. The Morgan fingerprint density at radius 2 is 1.59 bits per heavy atom. The molecule has 4 N–H and O–H groups in total. The predicted molar refractivity (Wildman–Crippen MR) is 189 cm³/mol. The lowest BCUT2D eigenvalue weighted by Gasteiger charge is -2.36. The van der Waals surface area contributed by atoms with Crippen molar-refractivity contribution in [2.75, 3.05) is 105 Å². The van der Waals surface area contributed by atoms with Gasteiger partial charge in [-0.3, -0.25) is 14.5 Å². The number of rotatable bonds is 14. The summed E-state index contributed by atoms with van der Waals surface area (Å²) in [5.41, 5.74) is 4.23. The molecule has 0 radical (unpaired) electrons. The van der Waals surface area contributed by atoms with Crippen LogP contribution in [0.4, 0.5) is 19.5 Å². The summed E-state index contributed by atoms with van der Waals surface area (Å²) in [4.78, 5) is 65.7. The zero-order valence-corrected chi connectivity index (χ0v) is 30.1. The molecule has 17 nitrogen and oxygen atoms in total. The van der Waals surface area contributed by atoms with E-state index in [0.717, 1.165) is 6.20 Å². The van der Waals surface area contributed by atoms with Crippen molar-refractivity contribution < 1.29 is 32.6 Å². The van der Waals surface area contributed by atoms with E-state index in [1.807, 2.05) is 32.7 Å². The highest BCUT2D eigenvalue weighted by atomic mass is 19.3. The monoisotopic (exact) mass is 722 g/mol. The molecule has 2 saturated heterocycles. The summed E-state index contributed by atoms with van der Waals surface area (Å²) in [7, 11) is 1.82. The van der Waals surface area contributed by atoms with Gasteiger partial charge in [0.2, 0.25) is 23.7 Å². The number of nitrogens with two attached hydrogens (primary N) is 1. The number of hydrogen-bond acceptors (Lipinski definition) is 11.